The molecule has 0 aliphatic heterocycles. The molecule has 21 heavy (non-hydrogen) atoms. The molecule has 1 N–H and O–H groups in total. The standard InChI is InChI=1S/C14H20N2O5/c1-14(2,3)21-13(17)15-11-6-5-10(7-8-16(18)19)9-12(11)20-4/h5-6,9H,7-8H2,1-4H3,(H,15,17). The molecule has 0 saturated carbocycles. The summed E-state index contributed by atoms with van der Waals surface area (Å²) in [6.45, 7) is 5.15. The van der Waals surface area contributed by atoms with Crippen molar-refractivity contribution in [3.63, 3.8) is 0 Å². The molecule has 1 aromatic carbocycles. The van der Waals surface area contributed by atoms with E-state index in [9.17, 15) is 14.9 Å². The van der Waals surface area contributed by atoms with Gasteiger partial charge in [-0.1, -0.05) is 6.07 Å². The quantitative estimate of drug-likeness (QED) is 0.666. The van der Waals surface area contributed by atoms with Gasteiger partial charge in [0.1, 0.15) is 11.4 Å². The zero-order chi connectivity index (χ0) is 16.0. The van der Waals surface area contributed by atoms with E-state index in [1.807, 2.05) is 0 Å². The fraction of sp³-hybridized carbons (Fsp3) is 0.500. The van der Waals surface area contributed by atoms with Gasteiger partial charge in [0.2, 0.25) is 6.54 Å². The van der Waals surface area contributed by atoms with Crippen molar-refractivity contribution in [2.24, 2.45) is 0 Å². The number of nitrogens with zero attached hydrogens (tertiary/aromatic N) is 1. The molecule has 0 heterocycles. The molecule has 0 radical (unpaired) electrons. The van der Waals surface area contributed by atoms with Crippen LogP contribution in [0.3, 0.4) is 0 Å². The number of methoxy groups -OCH3 is 1. The summed E-state index contributed by atoms with van der Waals surface area (Å²) < 4.78 is 10.3. The van der Waals surface area contributed by atoms with Crippen LogP contribution in [0.1, 0.15) is 26.3 Å². The number of carbonyl (C=O) groups excluding carboxylic acids is 1. The number of rotatable bonds is 5. The number of nitrogens with one attached hydrogen (secondary N) is 1. The van der Waals surface area contributed by atoms with Crippen LogP contribution < -0.4 is 10.1 Å². The van der Waals surface area contributed by atoms with E-state index < -0.39 is 11.7 Å². The van der Waals surface area contributed by atoms with E-state index in [4.69, 9.17) is 9.47 Å². The van der Waals surface area contributed by atoms with E-state index in [0.717, 1.165) is 5.56 Å². The Morgan fingerprint density at radius 1 is 1.38 bits per heavy atom. The van der Waals surface area contributed by atoms with Gasteiger partial charge in [-0.3, -0.25) is 15.4 Å². The van der Waals surface area contributed by atoms with E-state index >= 15 is 0 Å². The highest BCUT2D eigenvalue weighted by molar-refractivity contribution is 5.87. The molecular formula is C14H20N2O5. The number of anilines is 1. The molecule has 7 nitrogen and oxygen atoms in total. The summed E-state index contributed by atoms with van der Waals surface area (Å²) in [6.07, 6.45) is -0.283. The number of nitro groups is 1. The van der Waals surface area contributed by atoms with E-state index in [1.165, 1.54) is 7.11 Å². The maximum absolute atomic E-state index is 11.7. The van der Waals surface area contributed by atoms with Crippen LogP contribution in [-0.2, 0) is 11.2 Å². The van der Waals surface area contributed by atoms with E-state index in [-0.39, 0.29) is 11.5 Å². The Morgan fingerprint density at radius 3 is 2.57 bits per heavy atom. The summed E-state index contributed by atoms with van der Waals surface area (Å²) in [5, 5.41) is 13.0. The first kappa shape index (κ1) is 16.7. The number of carbonyl (C=O) groups is 1. The average Bonchev–Trinajstić information content (AvgIpc) is 2.35. The van der Waals surface area contributed by atoms with Crippen LogP contribution in [0.5, 0.6) is 5.75 Å². The molecule has 0 unspecified atom stereocenters. The average molecular weight is 296 g/mol. The number of benzene rings is 1. The van der Waals surface area contributed by atoms with Gasteiger partial charge in [0.25, 0.3) is 0 Å². The van der Waals surface area contributed by atoms with Crippen molar-refractivity contribution in [1.29, 1.82) is 0 Å². The van der Waals surface area contributed by atoms with E-state index in [1.54, 1.807) is 39.0 Å². The zero-order valence-corrected chi connectivity index (χ0v) is 12.6. The normalized spacial score (nSPS) is 10.9. The van der Waals surface area contributed by atoms with Crippen molar-refractivity contribution < 1.29 is 19.2 Å². The predicted molar refractivity (Wildman–Crippen MR) is 78.4 cm³/mol. The molecule has 0 fully saturated rings. The number of hydrogen-bond donors (Lipinski definition) is 1. The largest absolute Gasteiger partial charge is 0.495 e. The molecule has 0 aliphatic rings. The lowest BCUT2D eigenvalue weighted by molar-refractivity contribution is -0.479. The fourth-order valence-corrected chi connectivity index (χ4v) is 1.63. The molecule has 0 spiro atoms. The molecule has 0 saturated heterocycles. The van der Waals surface area contributed by atoms with Crippen LogP contribution in [0, 0.1) is 10.1 Å². The summed E-state index contributed by atoms with van der Waals surface area (Å²) in [5.74, 6) is 0.432. The molecule has 1 amide bonds. The first-order valence-electron chi connectivity index (χ1n) is 6.50. The van der Waals surface area contributed by atoms with Gasteiger partial charge in [0, 0.05) is 11.3 Å². The molecule has 0 atom stereocenters. The fourth-order valence-electron chi connectivity index (χ4n) is 1.63. The van der Waals surface area contributed by atoms with E-state index in [2.05, 4.69) is 5.32 Å². The first-order valence-corrected chi connectivity index (χ1v) is 6.50. The Bertz CT molecular complexity index is 523. The van der Waals surface area contributed by atoms with Crippen molar-refractivity contribution in [2.75, 3.05) is 19.0 Å². The number of ether oxygens (including phenoxy) is 2. The van der Waals surface area contributed by atoms with Crippen LogP contribution in [0.4, 0.5) is 10.5 Å². The highest BCUT2D eigenvalue weighted by atomic mass is 16.6. The lowest BCUT2D eigenvalue weighted by Gasteiger charge is -2.20. The van der Waals surface area contributed by atoms with Crippen LogP contribution in [0.2, 0.25) is 0 Å². The van der Waals surface area contributed by atoms with Gasteiger partial charge in [-0.2, -0.15) is 0 Å². The molecule has 0 aliphatic carbocycles. The predicted octanol–water partition coefficient (Wildman–Crippen LogP) is 2.86. The Hall–Kier alpha value is -2.31. The molecule has 0 bridgehead atoms. The van der Waals surface area contributed by atoms with Gasteiger partial charge in [-0.15, -0.1) is 0 Å². The minimum Gasteiger partial charge on any atom is -0.495 e. The Morgan fingerprint density at radius 2 is 2.05 bits per heavy atom. The highest BCUT2D eigenvalue weighted by Gasteiger charge is 2.17. The van der Waals surface area contributed by atoms with Gasteiger partial charge in [0.15, 0.2) is 0 Å². The van der Waals surface area contributed by atoms with Gasteiger partial charge >= 0.3 is 6.09 Å². The van der Waals surface area contributed by atoms with Crippen molar-refractivity contribution in [3.05, 3.63) is 33.9 Å². The Kier molecular flexibility index (Phi) is 5.52. The summed E-state index contributed by atoms with van der Waals surface area (Å²) >= 11 is 0. The summed E-state index contributed by atoms with van der Waals surface area (Å²) in [6, 6.07) is 5.01. The van der Waals surface area contributed by atoms with Crippen molar-refractivity contribution in [3.8, 4) is 5.75 Å². The van der Waals surface area contributed by atoms with Crippen LogP contribution >= 0.6 is 0 Å². The maximum atomic E-state index is 11.7. The van der Waals surface area contributed by atoms with E-state index in [0.29, 0.717) is 17.9 Å². The minimum absolute atomic E-state index is 0.151. The molecule has 1 aromatic rings. The van der Waals surface area contributed by atoms with Crippen molar-refractivity contribution in [2.45, 2.75) is 32.8 Å². The van der Waals surface area contributed by atoms with Crippen LogP contribution in [0.15, 0.2) is 18.2 Å². The molecule has 1 rings (SSSR count). The lowest BCUT2D eigenvalue weighted by atomic mass is 10.1. The van der Waals surface area contributed by atoms with Crippen LogP contribution in [-0.4, -0.2) is 30.3 Å². The third kappa shape index (κ3) is 6.11. The Labute approximate surface area is 123 Å². The molecule has 7 heteroatoms. The monoisotopic (exact) mass is 296 g/mol. The number of amides is 1. The smallest absolute Gasteiger partial charge is 0.412 e. The SMILES string of the molecule is COc1cc(CC[N+](=O)[O-])ccc1NC(=O)OC(C)(C)C. The van der Waals surface area contributed by atoms with Crippen molar-refractivity contribution in [1.82, 2.24) is 0 Å². The second-order valence-corrected chi connectivity index (χ2v) is 5.47. The Balaban J connectivity index is 2.79. The zero-order valence-electron chi connectivity index (χ0n) is 12.6. The molecule has 0 aromatic heterocycles. The molecule has 116 valence electrons. The second kappa shape index (κ2) is 6.92. The van der Waals surface area contributed by atoms with Crippen LogP contribution in [0.25, 0.3) is 0 Å². The highest BCUT2D eigenvalue weighted by Crippen LogP contribution is 2.26. The van der Waals surface area contributed by atoms with Gasteiger partial charge in [-0.25, -0.2) is 4.79 Å². The third-order valence-corrected chi connectivity index (χ3v) is 2.48. The second-order valence-electron chi connectivity index (χ2n) is 5.47. The third-order valence-electron chi connectivity index (χ3n) is 2.48. The lowest BCUT2D eigenvalue weighted by Crippen LogP contribution is -2.27. The molecular weight excluding hydrogens is 276 g/mol. The first-order chi connectivity index (χ1) is 9.71. The number of hydrogen-bond acceptors (Lipinski definition) is 5. The summed E-state index contributed by atoms with van der Waals surface area (Å²) in [7, 11) is 1.47. The van der Waals surface area contributed by atoms with Gasteiger partial charge in [-0.05, 0) is 38.5 Å². The van der Waals surface area contributed by atoms with Crippen molar-refractivity contribution >= 4 is 11.8 Å². The topological polar surface area (TPSA) is 90.7 Å². The van der Waals surface area contributed by atoms with Gasteiger partial charge < -0.3 is 9.47 Å². The summed E-state index contributed by atoms with van der Waals surface area (Å²) in [5.41, 5.74) is 0.623. The minimum atomic E-state index is -0.594. The summed E-state index contributed by atoms with van der Waals surface area (Å²) in [4.78, 5) is 21.7. The maximum Gasteiger partial charge on any atom is 0.412 e. The van der Waals surface area contributed by atoms with Gasteiger partial charge in [0.05, 0.1) is 12.8 Å².